The van der Waals surface area contributed by atoms with Crippen LogP contribution in [-0.4, -0.2) is 88.5 Å². The number of hydrogen-bond acceptors (Lipinski definition) is 7. The number of nitrogens with one attached hydrogen (secondary N) is 1. The number of fused-ring (bicyclic) bond motifs is 1. The zero-order chi connectivity index (χ0) is 27.9. The molecule has 10 nitrogen and oxygen atoms in total. The zero-order valence-electron chi connectivity index (χ0n) is 22.3. The normalized spacial score (nSPS) is 19.4. The first-order valence-electron chi connectivity index (χ1n) is 12.2. The Morgan fingerprint density at radius 2 is 1.97 bits per heavy atom. The molecule has 3 atom stereocenters. The quantitative estimate of drug-likeness (QED) is 0.514. The molecule has 1 heterocycles. The number of anilines is 1. The highest BCUT2D eigenvalue weighted by Crippen LogP contribution is 2.34. The Morgan fingerprint density at radius 1 is 1.26 bits per heavy atom. The van der Waals surface area contributed by atoms with Crippen LogP contribution in [-0.2, 0) is 14.8 Å². The molecule has 206 valence electrons. The van der Waals surface area contributed by atoms with Crippen LogP contribution >= 0.6 is 0 Å². The minimum Gasteiger partial charge on any atom is -0.497 e. The Bertz CT molecular complexity index is 1270. The molecule has 2 amide bonds. The van der Waals surface area contributed by atoms with Gasteiger partial charge in [-0.2, -0.15) is 4.31 Å². The molecule has 0 saturated heterocycles. The van der Waals surface area contributed by atoms with Crippen LogP contribution in [0, 0.1) is 17.8 Å². The first kappa shape index (κ1) is 29.3. The summed E-state index contributed by atoms with van der Waals surface area (Å²) in [6.45, 7) is 3.70. The molecule has 0 bridgehead atoms. The van der Waals surface area contributed by atoms with Gasteiger partial charge in [0, 0.05) is 43.9 Å². The number of likely N-dealkylation sites (N-methyl/N-ethyl adjacent to an activating group) is 1. The number of aliphatic hydroxyl groups is 1. The van der Waals surface area contributed by atoms with Gasteiger partial charge >= 0.3 is 6.03 Å². The van der Waals surface area contributed by atoms with Crippen molar-refractivity contribution < 1.29 is 32.5 Å². The van der Waals surface area contributed by atoms with Gasteiger partial charge in [-0.05, 0) is 49.4 Å². The van der Waals surface area contributed by atoms with Crippen molar-refractivity contribution in [1.29, 1.82) is 0 Å². The van der Waals surface area contributed by atoms with Crippen LogP contribution in [0.5, 0.6) is 11.5 Å². The van der Waals surface area contributed by atoms with E-state index in [-0.39, 0.29) is 48.9 Å². The average Bonchev–Trinajstić information content (AvgIpc) is 2.90. The van der Waals surface area contributed by atoms with E-state index < -0.39 is 22.2 Å². The fraction of sp³-hybridized carbons (Fsp3) is 0.444. The van der Waals surface area contributed by atoms with Crippen molar-refractivity contribution in [2.24, 2.45) is 5.92 Å². The first-order valence-corrected chi connectivity index (χ1v) is 13.6. The molecule has 2 aromatic carbocycles. The Kier molecular flexibility index (Phi) is 9.99. The fourth-order valence-corrected chi connectivity index (χ4v) is 5.80. The van der Waals surface area contributed by atoms with Crippen molar-refractivity contribution in [3.63, 3.8) is 0 Å². The molecule has 1 aliphatic heterocycles. The largest absolute Gasteiger partial charge is 0.497 e. The van der Waals surface area contributed by atoms with Gasteiger partial charge in [-0.1, -0.05) is 18.8 Å². The maximum atomic E-state index is 13.6. The van der Waals surface area contributed by atoms with E-state index in [4.69, 9.17) is 14.2 Å². The lowest BCUT2D eigenvalue weighted by Gasteiger charge is -2.37. The van der Waals surface area contributed by atoms with Crippen molar-refractivity contribution in [3.05, 3.63) is 48.0 Å². The monoisotopic (exact) mass is 545 g/mol. The van der Waals surface area contributed by atoms with Crippen LogP contribution < -0.4 is 14.8 Å². The summed E-state index contributed by atoms with van der Waals surface area (Å²) in [6.07, 6.45) is -0.550. The molecular weight excluding hydrogens is 510 g/mol. The number of rotatable bonds is 7. The Morgan fingerprint density at radius 3 is 2.61 bits per heavy atom. The molecule has 2 N–H and O–H groups in total. The van der Waals surface area contributed by atoms with Gasteiger partial charge in [0.25, 0.3) is 0 Å². The van der Waals surface area contributed by atoms with E-state index >= 15 is 0 Å². The molecule has 38 heavy (non-hydrogen) atoms. The van der Waals surface area contributed by atoms with Crippen LogP contribution in [0.2, 0.25) is 0 Å². The number of nitrogens with zero attached hydrogens (tertiary/aromatic N) is 2. The summed E-state index contributed by atoms with van der Waals surface area (Å²) in [5.41, 5.74) is 1.17. The molecule has 2 aromatic rings. The second-order valence-corrected chi connectivity index (χ2v) is 11.0. The summed E-state index contributed by atoms with van der Waals surface area (Å²) in [7, 11) is 0.778. The van der Waals surface area contributed by atoms with Crippen molar-refractivity contribution in [1.82, 2.24) is 9.21 Å². The Balaban J connectivity index is 1.91. The van der Waals surface area contributed by atoms with Gasteiger partial charge in [0.15, 0.2) is 0 Å². The number of carbonyl (C=O) groups is 1. The number of aliphatic hydroxyl groups excluding tert-OH is 1. The standard InChI is InChI=1S/C27H35N3O7S/c1-19-16-30(20(2)18-31)38(33,34)26-13-8-21(7-6-14-35-4)15-24(26)37-25(19)17-29(3)27(32)28-22-9-11-23(36-5)12-10-22/h8-13,15,19-20,25,31H,14,16-18H2,1-5H3,(H,28,32)/t19-,20-,25-/m1/s1. The lowest BCUT2D eigenvalue weighted by atomic mass is 10.0. The van der Waals surface area contributed by atoms with Crippen molar-refractivity contribution in [2.45, 2.75) is 30.9 Å². The Hall–Kier alpha value is -3.30. The third kappa shape index (κ3) is 6.96. The summed E-state index contributed by atoms with van der Waals surface area (Å²) in [6, 6.07) is 10.6. The number of methoxy groups -OCH3 is 2. The SMILES string of the molecule is COCC#Cc1ccc2c(c1)O[C@H](CN(C)C(=O)Nc1ccc(OC)cc1)[C@H](C)CN([C@H](C)CO)S2(=O)=O. The summed E-state index contributed by atoms with van der Waals surface area (Å²) in [5, 5.41) is 12.6. The highest BCUT2D eigenvalue weighted by Gasteiger charge is 2.38. The molecule has 3 rings (SSSR count). The summed E-state index contributed by atoms with van der Waals surface area (Å²) in [4.78, 5) is 14.4. The van der Waals surface area contributed by atoms with Gasteiger partial charge in [-0.3, -0.25) is 0 Å². The highest BCUT2D eigenvalue weighted by atomic mass is 32.2. The van der Waals surface area contributed by atoms with Crippen LogP contribution in [0.25, 0.3) is 0 Å². The maximum absolute atomic E-state index is 13.6. The van der Waals surface area contributed by atoms with E-state index in [9.17, 15) is 18.3 Å². The average molecular weight is 546 g/mol. The van der Waals surface area contributed by atoms with Crippen LogP contribution in [0.3, 0.4) is 0 Å². The third-order valence-corrected chi connectivity index (χ3v) is 8.28. The van der Waals surface area contributed by atoms with Gasteiger partial charge in [0.05, 0.1) is 20.3 Å². The van der Waals surface area contributed by atoms with Gasteiger partial charge in [0.2, 0.25) is 10.0 Å². The van der Waals surface area contributed by atoms with Gasteiger partial charge in [-0.25, -0.2) is 13.2 Å². The number of sulfonamides is 1. The zero-order valence-corrected chi connectivity index (χ0v) is 23.1. The number of carbonyl (C=O) groups excluding carboxylic acids is 1. The van der Waals surface area contributed by atoms with Gasteiger partial charge in [0.1, 0.15) is 29.1 Å². The number of benzene rings is 2. The molecule has 0 unspecified atom stereocenters. The van der Waals surface area contributed by atoms with E-state index in [1.807, 2.05) is 6.92 Å². The van der Waals surface area contributed by atoms with E-state index in [2.05, 4.69) is 17.2 Å². The molecule has 1 aliphatic rings. The third-order valence-electron chi connectivity index (χ3n) is 6.26. The van der Waals surface area contributed by atoms with Crippen molar-refractivity contribution >= 4 is 21.7 Å². The number of urea groups is 1. The minimum absolute atomic E-state index is 0.0164. The van der Waals surface area contributed by atoms with E-state index in [0.29, 0.717) is 17.0 Å². The second kappa shape index (κ2) is 13.0. The predicted molar refractivity (Wildman–Crippen MR) is 144 cm³/mol. The molecule has 0 aromatic heterocycles. The summed E-state index contributed by atoms with van der Waals surface area (Å²) in [5.74, 6) is 6.29. The number of ether oxygens (including phenoxy) is 3. The molecule has 0 fully saturated rings. The predicted octanol–water partition coefficient (Wildman–Crippen LogP) is 2.63. The molecule has 0 radical (unpaired) electrons. The number of hydrogen-bond donors (Lipinski definition) is 2. The second-order valence-electron chi connectivity index (χ2n) is 9.18. The lowest BCUT2D eigenvalue weighted by Crippen LogP contribution is -2.50. The van der Waals surface area contributed by atoms with E-state index in [0.717, 1.165) is 0 Å². The lowest BCUT2D eigenvalue weighted by molar-refractivity contribution is 0.0830. The Labute approximate surface area is 224 Å². The van der Waals surface area contributed by atoms with E-state index in [1.54, 1.807) is 57.5 Å². The van der Waals surface area contributed by atoms with Gasteiger partial charge in [-0.15, -0.1) is 0 Å². The van der Waals surface area contributed by atoms with Crippen LogP contribution in [0.15, 0.2) is 47.4 Å². The minimum atomic E-state index is -3.97. The highest BCUT2D eigenvalue weighted by molar-refractivity contribution is 7.89. The summed E-state index contributed by atoms with van der Waals surface area (Å²) >= 11 is 0. The van der Waals surface area contributed by atoms with Crippen molar-refractivity contribution in [2.75, 3.05) is 52.9 Å². The topological polar surface area (TPSA) is 118 Å². The van der Waals surface area contributed by atoms with Gasteiger partial charge < -0.3 is 29.5 Å². The fourth-order valence-electron chi connectivity index (χ4n) is 3.98. The molecule has 0 spiro atoms. The van der Waals surface area contributed by atoms with E-state index in [1.165, 1.54) is 22.4 Å². The van der Waals surface area contributed by atoms with Crippen LogP contribution in [0.4, 0.5) is 10.5 Å². The smallest absolute Gasteiger partial charge is 0.321 e. The van der Waals surface area contributed by atoms with Crippen LogP contribution in [0.1, 0.15) is 19.4 Å². The first-order chi connectivity index (χ1) is 18.1. The maximum Gasteiger partial charge on any atom is 0.321 e. The molecule has 0 saturated carbocycles. The molecule has 11 heteroatoms. The molecular formula is C27H35N3O7S. The molecule has 0 aliphatic carbocycles. The summed E-state index contributed by atoms with van der Waals surface area (Å²) < 4.78 is 44.9. The number of amides is 2. The van der Waals surface area contributed by atoms with Crippen molar-refractivity contribution in [3.8, 4) is 23.3 Å².